The Kier molecular flexibility index (Phi) is 8.93. The van der Waals surface area contributed by atoms with Crippen LogP contribution in [0.3, 0.4) is 0 Å². The summed E-state index contributed by atoms with van der Waals surface area (Å²) in [6.07, 6.45) is 14.5. The van der Waals surface area contributed by atoms with Crippen molar-refractivity contribution in [2.45, 2.75) is 97.2 Å². The van der Waals surface area contributed by atoms with Crippen molar-refractivity contribution in [1.82, 2.24) is 9.80 Å². The molecule has 1 saturated heterocycles. The van der Waals surface area contributed by atoms with Crippen molar-refractivity contribution >= 4 is 12.0 Å². The maximum Gasteiger partial charge on any atom is 0.222 e. The number of aliphatic hydroxyl groups is 2. The number of piperazine rings is 1. The second kappa shape index (κ2) is 12.4. The number of carbonyl (C=O) groups excluding carboxylic acids is 1. The first-order chi connectivity index (χ1) is 20.2. The fourth-order valence-corrected chi connectivity index (χ4v) is 11.0. The van der Waals surface area contributed by atoms with Crippen molar-refractivity contribution in [3.05, 3.63) is 42.0 Å². The van der Waals surface area contributed by atoms with E-state index in [1.165, 1.54) is 31.2 Å². The molecule has 0 spiro atoms. The molecule has 42 heavy (non-hydrogen) atoms. The first kappa shape index (κ1) is 30.3. The summed E-state index contributed by atoms with van der Waals surface area (Å²) in [5, 5.41) is 21.9. The van der Waals surface area contributed by atoms with Gasteiger partial charge in [0.1, 0.15) is 0 Å². The van der Waals surface area contributed by atoms with Crippen LogP contribution in [0.25, 0.3) is 6.08 Å². The molecule has 1 heterocycles. The van der Waals surface area contributed by atoms with Crippen LogP contribution in [0.1, 0.15) is 90.5 Å². The lowest BCUT2D eigenvalue weighted by Gasteiger charge is -2.62. The van der Waals surface area contributed by atoms with E-state index in [0.29, 0.717) is 47.8 Å². The Morgan fingerprint density at radius 3 is 2.43 bits per heavy atom. The van der Waals surface area contributed by atoms with Crippen LogP contribution in [0.15, 0.2) is 36.4 Å². The quantitative estimate of drug-likeness (QED) is 0.403. The number of fused-ring (bicyclic) bond motifs is 5. The van der Waals surface area contributed by atoms with Gasteiger partial charge < -0.3 is 15.1 Å². The van der Waals surface area contributed by atoms with E-state index in [-0.39, 0.29) is 23.0 Å². The first-order valence-electron chi connectivity index (χ1n) is 17.3. The van der Waals surface area contributed by atoms with Gasteiger partial charge in [-0.3, -0.25) is 9.69 Å². The lowest BCUT2D eigenvalue weighted by Crippen LogP contribution is -2.58. The van der Waals surface area contributed by atoms with Gasteiger partial charge in [-0.2, -0.15) is 0 Å². The van der Waals surface area contributed by atoms with Crippen LogP contribution in [0.2, 0.25) is 0 Å². The molecule has 5 aliphatic rings. The first-order valence-corrected chi connectivity index (χ1v) is 17.3. The van der Waals surface area contributed by atoms with E-state index in [2.05, 4.69) is 67.0 Å². The molecule has 5 nitrogen and oxygen atoms in total. The van der Waals surface area contributed by atoms with Crippen molar-refractivity contribution in [2.75, 3.05) is 32.7 Å². The number of amides is 1. The summed E-state index contributed by atoms with van der Waals surface area (Å²) < 4.78 is 0. The Morgan fingerprint density at radius 1 is 0.952 bits per heavy atom. The van der Waals surface area contributed by atoms with Gasteiger partial charge in [-0.25, -0.2) is 0 Å². The molecule has 0 bridgehead atoms. The molecule has 5 fully saturated rings. The number of hydrogen-bond donors (Lipinski definition) is 2. The molecule has 232 valence electrons. The monoisotopic (exact) mass is 576 g/mol. The summed E-state index contributed by atoms with van der Waals surface area (Å²) in [5.41, 5.74) is 1.79. The van der Waals surface area contributed by atoms with E-state index in [9.17, 15) is 15.0 Å². The number of aliphatic hydroxyl groups excluding tert-OH is 2. The average molecular weight is 577 g/mol. The van der Waals surface area contributed by atoms with Crippen molar-refractivity contribution in [2.24, 2.45) is 46.3 Å². The molecule has 6 rings (SSSR count). The fraction of sp³-hybridized carbons (Fsp3) is 0.757. The van der Waals surface area contributed by atoms with Gasteiger partial charge in [-0.05, 0) is 110 Å². The summed E-state index contributed by atoms with van der Waals surface area (Å²) in [6.45, 7) is 12.0. The largest absolute Gasteiger partial charge is 0.393 e. The van der Waals surface area contributed by atoms with Gasteiger partial charge >= 0.3 is 0 Å². The Hall–Kier alpha value is -1.69. The van der Waals surface area contributed by atoms with Gasteiger partial charge in [-0.1, -0.05) is 63.3 Å². The third-order valence-electron chi connectivity index (χ3n) is 13.4. The van der Waals surface area contributed by atoms with Crippen molar-refractivity contribution in [3.8, 4) is 0 Å². The van der Waals surface area contributed by atoms with E-state index in [0.717, 1.165) is 64.8 Å². The smallest absolute Gasteiger partial charge is 0.222 e. The van der Waals surface area contributed by atoms with Crippen molar-refractivity contribution < 1.29 is 15.0 Å². The third-order valence-corrected chi connectivity index (χ3v) is 13.4. The SMILES string of the molecule is C[C@H](CCC(=O)N1CCN(C/C=C/c2ccccc2)CC1)[C@H]1CC[C@H]2[C@@H]3[C@@H](O)C[C@@H]4C[C@H](O)CC[C@]4(C)[C@H]3CC[C@]12C. The zero-order chi connectivity index (χ0) is 29.5. The van der Waals surface area contributed by atoms with Crippen LogP contribution in [0, 0.1) is 46.3 Å². The molecular formula is C37H56N2O3. The maximum absolute atomic E-state index is 13.3. The number of hydrogen-bond acceptors (Lipinski definition) is 4. The van der Waals surface area contributed by atoms with Crippen LogP contribution in [0.4, 0.5) is 0 Å². The third kappa shape index (κ3) is 5.75. The molecule has 4 aliphatic carbocycles. The molecule has 1 amide bonds. The molecule has 5 heteroatoms. The summed E-state index contributed by atoms with van der Waals surface area (Å²) >= 11 is 0. The van der Waals surface area contributed by atoms with Crippen molar-refractivity contribution in [1.29, 1.82) is 0 Å². The summed E-state index contributed by atoms with van der Waals surface area (Å²) in [4.78, 5) is 17.8. The number of carbonyl (C=O) groups is 1. The zero-order valence-corrected chi connectivity index (χ0v) is 26.5. The minimum absolute atomic E-state index is 0.175. The predicted molar refractivity (Wildman–Crippen MR) is 170 cm³/mol. The number of benzene rings is 1. The van der Waals surface area contributed by atoms with Crippen molar-refractivity contribution in [3.63, 3.8) is 0 Å². The molecular weight excluding hydrogens is 520 g/mol. The van der Waals surface area contributed by atoms with Gasteiger partial charge in [-0.15, -0.1) is 0 Å². The predicted octanol–water partition coefficient (Wildman–Crippen LogP) is 6.25. The summed E-state index contributed by atoms with van der Waals surface area (Å²) in [6, 6.07) is 10.4. The number of rotatable bonds is 7. The molecule has 0 aromatic heterocycles. The zero-order valence-electron chi connectivity index (χ0n) is 26.5. The molecule has 1 aromatic carbocycles. The summed E-state index contributed by atoms with van der Waals surface area (Å²) in [5.74, 6) is 3.61. The highest BCUT2D eigenvalue weighted by Gasteiger charge is 2.62. The molecule has 0 radical (unpaired) electrons. The minimum atomic E-state index is -0.217. The van der Waals surface area contributed by atoms with Crippen LogP contribution < -0.4 is 0 Å². The second-order valence-corrected chi connectivity index (χ2v) is 15.5. The molecule has 2 N–H and O–H groups in total. The fourth-order valence-electron chi connectivity index (χ4n) is 11.0. The average Bonchev–Trinajstić information content (AvgIpc) is 3.35. The Labute approximate surface area is 254 Å². The van der Waals surface area contributed by atoms with Gasteiger partial charge in [0.15, 0.2) is 0 Å². The standard InChI is InChI=1S/C37H56N2O3/c1-26(11-14-34(42)39-22-20-38(21-23-39)19-7-10-27-8-5-4-6-9-27)30-12-13-31-35-32(16-18-37(30,31)3)36(2)17-15-29(40)24-28(36)25-33(35)41/h4-10,26,28-33,35,40-41H,11-25H2,1-3H3/b10-7+/t26-,28+,29-,30-,31+,32+,33+,35+,36+,37-/m1/s1. The van der Waals surface area contributed by atoms with Crippen LogP contribution >= 0.6 is 0 Å². The molecule has 1 aliphatic heterocycles. The highest BCUT2D eigenvalue weighted by atomic mass is 16.3. The number of nitrogens with zero attached hydrogens (tertiary/aromatic N) is 2. The van der Waals surface area contributed by atoms with E-state index in [1.54, 1.807) is 0 Å². The summed E-state index contributed by atoms with van der Waals surface area (Å²) in [7, 11) is 0. The lowest BCUT2D eigenvalue weighted by molar-refractivity contribution is -0.174. The van der Waals surface area contributed by atoms with Crippen LogP contribution in [-0.2, 0) is 4.79 Å². The van der Waals surface area contributed by atoms with E-state index in [1.807, 2.05) is 6.07 Å². The normalized spacial score (nSPS) is 41.3. The van der Waals surface area contributed by atoms with E-state index >= 15 is 0 Å². The van der Waals surface area contributed by atoms with Gasteiger partial charge in [0, 0.05) is 39.1 Å². The van der Waals surface area contributed by atoms with Gasteiger partial charge in [0.2, 0.25) is 5.91 Å². The Bertz CT molecular complexity index is 1100. The molecule has 4 saturated carbocycles. The second-order valence-electron chi connectivity index (χ2n) is 15.5. The van der Waals surface area contributed by atoms with E-state index in [4.69, 9.17) is 0 Å². The highest BCUT2D eigenvalue weighted by molar-refractivity contribution is 5.76. The molecule has 10 atom stereocenters. The maximum atomic E-state index is 13.3. The molecule has 0 unspecified atom stereocenters. The lowest BCUT2D eigenvalue weighted by atomic mass is 9.43. The van der Waals surface area contributed by atoms with Gasteiger partial charge in [0.05, 0.1) is 12.2 Å². The van der Waals surface area contributed by atoms with Crippen LogP contribution in [0.5, 0.6) is 0 Å². The van der Waals surface area contributed by atoms with Crippen LogP contribution in [-0.4, -0.2) is 70.9 Å². The Balaban J connectivity index is 0.995. The minimum Gasteiger partial charge on any atom is -0.393 e. The van der Waals surface area contributed by atoms with Gasteiger partial charge in [0.25, 0.3) is 0 Å². The highest BCUT2D eigenvalue weighted by Crippen LogP contribution is 2.68. The topological polar surface area (TPSA) is 64.0 Å². The molecule has 1 aromatic rings. The van der Waals surface area contributed by atoms with E-state index < -0.39 is 0 Å². The Morgan fingerprint density at radius 2 is 1.67 bits per heavy atom.